The van der Waals surface area contributed by atoms with Gasteiger partial charge in [-0.25, -0.2) is 0 Å². The third-order valence-corrected chi connectivity index (χ3v) is 2.49. The van der Waals surface area contributed by atoms with Crippen molar-refractivity contribution < 1.29 is 0 Å². The van der Waals surface area contributed by atoms with Gasteiger partial charge in [0.2, 0.25) is 0 Å². The van der Waals surface area contributed by atoms with Gasteiger partial charge in [0.25, 0.3) is 0 Å². The second-order valence-electron chi connectivity index (χ2n) is 3.82. The zero-order valence-corrected chi connectivity index (χ0v) is 9.15. The van der Waals surface area contributed by atoms with E-state index in [1.807, 2.05) is 4.57 Å². The number of aromatic nitrogens is 3. The molecule has 0 unspecified atom stereocenters. The van der Waals surface area contributed by atoms with Crippen molar-refractivity contribution in [3.8, 4) is 0 Å². The highest BCUT2D eigenvalue weighted by molar-refractivity contribution is 4.59. The molecule has 0 atom stereocenters. The van der Waals surface area contributed by atoms with Gasteiger partial charge in [0.05, 0.1) is 0 Å². The van der Waals surface area contributed by atoms with Crippen molar-refractivity contribution in [1.29, 1.82) is 0 Å². The molecular weight excluding hydrogens is 174 g/mol. The predicted octanol–water partition coefficient (Wildman–Crippen LogP) is 3.03. The molecule has 0 aromatic carbocycles. The van der Waals surface area contributed by atoms with Crippen LogP contribution in [-0.4, -0.2) is 14.8 Å². The molecule has 3 heteroatoms. The largest absolute Gasteiger partial charge is 0.320 e. The normalized spacial score (nSPS) is 10.6. The van der Waals surface area contributed by atoms with Crippen LogP contribution in [0.1, 0.15) is 51.9 Å². The van der Waals surface area contributed by atoms with Crippen molar-refractivity contribution in [2.75, 3.05) is 0 Å². The fraction of sp³-hybridized carbons (Fsp3) is 0.818. The highest BCUT2D eigenvalue weighted by atomic mass is 15.2. The van der Waals surface area contributed by atoms with Gasteiger partial charge < -0.3 is 4.57 Å². The third-order valence-electron chi connectivity index (χ3n) is 2.49. The molecule has 1 aromatic rings. The Labute approximate surface area is 86.5 Å². The fourth-order valence-corrected chi connectivity index (χ4v) is 1.59. The molecule has 0 N–H and O–H groups in total. The summed E-state index contributed by atoms with van der Waals surface area (Å²) in [6.07, 6.45) is 13.1. The Morgan fingerprint density at radius 2 is 1.43 bits per heavy atom. The van der Waals surface area contributed by atoms with Gasteiger partial charge in [-0.3, -0.25) is 0 Å². The molecule has 0 aliphatic rings. The third kappa shape index (κ3) is 5.00. The summed E-state index contributed by atoms with van der Waals surface area (Å²) in [5.74, 6) is 0. The first-order chi connectivity index (χ1) is 6.93. The summed E-state index contributed by atoms with van der Waals surface area (Å²) in [5, 5.41) is 7.55. The van der Waals surface area contributed by atoms with E-state index < -0.39 is 0 Å². The molecule has 1 aromatic heterocycles. The van der Waals surface area contributed by atoms with Crippen LogP contribution in [0.15, 0.2) is 12.7 Å². The van der Waals surface area contributed by atoms with E-state index in [-0.39, 0.29) is 0 Å². The van der Waals surface area contributed by atoms with E-state index in [9.17, 15) is 0 Å². The van der Waals surface area contributed by atoms with E-state index in [1.165, 1.54) is 44.9 Å². The second kappa shape index (κ2) is 7.54. The molecule has 0 spiro atoms. The smallest absolute Gasteiger partial charge is 0.119 e. The Kier molecular flexibility index (Phi) is 6.04. The molecular formula is C11H21N3. The van der Waals surface area contributed by atoms with Crippen LogP contribution in [-0.2, 0) is 6.54 Å². The molecule has 0 bridgehead atoms. The van der Waals surface area contributed by atoms with Gasteiger partial charge in [0.15, 0.2) is 0 Å². The standard InChI is InChI=1S/C11H21N3/c1-2-3-4-5-6-7-8-9-14-10-12-13-11-14/h10-11H,2-9H2,1H3. The van der Waals surface area contributed by atoms with Crippen LogP contribution in [0, 0.1) is 0 Å². The monoisotopic (exact) mass is 195 g/mol. The van der Waals surface area contributed by atoms with Gasteiger partial charge in [-0.15, -0.1) is 10.2 Å². The molecule has 0 amide bonds. The molecule has 3 nitrogen and oxygen atoms in total. The molecule has 0 aliphatic carbocycles. The maximum atomic E-state index is 3.77. The van der Waals surface area contributed by atoms with Crippen LogP contribution in [0.25, 0.3) is 0 Å². The molecule has 80 valence electrons. The van der Waals surface area contributed by atoms with Crippen LogP contribution in [0.3, 0.4) is 0 Å². The number of nitrogens with zero attached hydrogens (tertiary/aromatic N) is 3. The van der Waals surface area contributed by atoms with Gasteiger partial charge in [-0.05, 0) is 6.42 Å². The lowest BCUT2D eigenvalue weighted by Gasteiger charge is -2.01. The molecule has 0 saturated carbocycles. The summed E-state index contributed by atoms with van der Waals surface area (Å²) in [5.41, 5.74) is 0. The molecule has 0 fully saturated rings. The second-order valence-corrected chi connectivity index (χ2v) is 3.82. The topological polar surface area (TPSA) is 30.7 Å². The minimum absolute atomic E-state index is 1.07. The highest BCUT2D eigenvalue weighted by Gasteiger charge is 1.92. The number of aryl methyl sites for hydroxylation is 1. The maximum Gasteiger partial charge on any atom is 0.119 e. The van der Waals surface area contributed by atoms with Crippen molar-refractivity contribution in [3.63, 3.8) is 0 Å². The minimum atomic E-state index is 1.07. The minimum Gasteiger partial charge on any atom is -0.320 e. The molecule has 0 radical (unpaired) electrons. The van der Waals surface area contributed by atoms with Gasteiger partial charge in [0, 0.05) is 6.54 Å². The fourth-order valence-electron chi connectivity index (χ4n) is 1.59. The zero-order valence-electron chi connectivity index (χ0n) is 9.15. The number of hydrogen-bond donors (Lipinski definition) is 0. The number of unbranched alkanes of at least 4 members (excludes halogenated alkanes) is 6. The summed E-state index contributed by atoms with van der Waals surface area (Å²) in [4.78, 5) is 0. The average molecular weight is 195 g/mol. The SMILES string of the molecule is CCCCCCCCCn1cnnc1. The Hall–Kier alpha value is -0.860. The van der Waals surface area contributed by atoms with Crippen molar-refractivity contribution >= 4 is 0 Å². The summed E-state index contributed by atoms with van der Waals surface area (Å²) < 4.78 is 2.05. The Morgan fingerprint density at radius 3 is 2.07 bits per heavy atom. The van der Waals surface area contributed by atoms with E-state index in [0.29, 0.717) is 0 Å². The summed E-state index contributed by atoms with van der Waals surface area (Å²) in [7, 11) is 0. The average Bonchev–Trinajstić information content (AvgIpc) is 2.69. The van der Waals surface area contributed by atoms with Crippen LogP contribution in [0.4, 0.5) is 0 Å². The van der Waals surface area contributed by atoms with Crippen LogP contribution >= 0.6 is 0 Å². The zero-order chi connectivity index (χ0) is 10.1. The van der Waals surface area contributed by atoms with E-state index >= 15 is 0 Å². The van der Waals surface area contributed by atoms with Crippen molar-refractivity contribution in [1.82, 2.24) is 14.8 Å². The lowest BCUT2D eigenvalue weighted by Crippen LogP contribution is -1.94. The van der Waals surface area contributed by atoms with Gasteiger partial charge >= 0.3 is 0 Å². The van der Waals surface area contributed by atoms with Crippen LogP contribution in [0.2, 0.25) is 0 Å². The highest BCUT2D eigenvalue weighted by Crippen LogP contribution is 2.07. The molecule has 14 heavy (non-hydrogen) atoms. The Balaban J connectivity index is 1.85. The van der Waals surface area contributed by atoms with Crippen LogP contribution < -0.4 is 0 Å². The number of rotatable bonds is 8. The lowest BCUT2D eigenvalue weighted by molar-refractivity contribution is 0.549. The number of hydrogen-bond acceptors (Lipinski definition) is 2. The van der Waals surface area contributed by atoms with Gasteiger partial charge in [-0.1, -0.05) is 45.4 Å². The van der Waals surface area contributed by atoms with Crippen LogP contribution in [0.5, 0.6) is 0 Å². The van der Waals surface area contributed by atoms with E-state index in [4.69, 9.17) is 0 Å². The Bertz CT molecular complexity index is 206. The first kappa shape index (κ1) is 11.2. The van der Waals surface area contributed by atoms with Gasteiger partial charge in [0.1, 0.15) is 12.7 Å². The first-order valence-electron chi connectivity index (χ1n) is 5.76. The summed E-state index contributed by atoms with van der Waals surface area (Å²) in [6.45, 7) is 3.33. The molecule has 0 aliphatic heterocycles. The predicted molar refractivity (Wildman–Crippen MR) is 58.0 cm³/mol. The van der Waals surface area contributed by atoms with E-state index in [1.54, 1.807) is 12.7 Å². The quantitative estimate of drug-likeness (QED) is 0.597. The summed E-state index contributed by atoms with van der Waals surface area (Å²) >= 11 is 0. The molecule has 1 rings (SSSR count). The molecule has 1 heterocycles. The molecule has 0 saturated heterocycles. The van der Waals surface area contributed by atoms with Gasteiger partial charge in [-0.2, -0.15) is 0 Å². The Morgan fingerprint density at radius 1 is 0.857 bits per heavy atom. The van der Waals surface area contributed by atoms with Crippen molar-refractivity contribution in [2.24, 2.45) is 0 Å². The summed E-state index contributed by atoms with van der Waals surface area (Å²) in [6, 6.07) is 0. The maximum absolute atomic E-state index is 3.77. The van der Waals surface area contributed by atoms with Crippen molar-refractivity contribution in [3.05, 3.63) is 12.7 Å². The lowest BCUT2D eigenvalue weighted by atomic mass is 10.1. The van der Waals surface area contributed by atoms with Crippen molar-refractivity contribution in [2.45, 2.75) is 58.4 Å². The van der Waals surface area contributed by atoms with E-state index in [0.717, 1.165) is 6.54 Å². The first-order valence-corrected chi connectivity index (χ1v) is 5.76. The van der Waals surface area contributed by atoms with E-state index in [2.05, 4.69) is 17.1 Å².